The molecule has 0 aliphatic carbocycles. The highest BCUT2D eigenvalue weighted by Crippen LogP contribution is 2.18. The predicted octanol–water partition coefficient (Wildman–Crippen LogP) is 2.53. The number of rotatable bonds is 2. The standard InChI is InChI=1S/C8H9Cl2N3O/c1-2-11-8(14)12-5-3-6(9)13-7(10)4-5/h3-4H,2H2,1H3,(H2,11,12,13,14). The third kappa shape index (κ3) is 3.40. The molecule has 14 heavy (non-hydrogen) atoms. The van der Waals surface area contributed by atoms with Gasteiger partial charge in [0.05, 0.1) is 0 Å². The number of amides is 2. The quantitative estimate of drug-likeness (QED) is 0.772. The number of nitrogens with zero attached hydrogens (tertiary/aromatic N) is 1. The average molecular weight is 234 g/mol. The smallest absolute Gasteiger partial charge is 0.319 e. The van der Waals surface area contributed by atoms with Crippen molar-refractivity contribution in [2.45, 2.75) is 6.92 Å². The molecule has 6 heteroatoms. The first kappa shape index (κ1) is 11.1. The first-order valence-corrected chi connectivity index (χ1v) is 4.75. The molecule has 0 atom stereocenters. The Morgan fingerprint density at radius 3 is 2.50 bits per heavy atom. The van der Waals surface area contributed by atoms with Gasteiger partial charge in [0.25, 0.3) is 0 Å². The minimum absolute atomic E-state index is 0.240. The summed E-state index contributed by atoms with van der Waals surface area (Å²) in [6.45, 7) is 2.38. The van der Waals surface area contributed by atoms with Gasteiger partial charge < -0.3 is 10.6 Å². The fraction of sp³-hybridized carbons (Fsp3) is 0.250. The number of anilines is 1. The molecule has 0 aliphatic rings. The molecular formula is C8H9Cl2N3O. The SMILES string of the molecule is CCNC(=O)Nc1cc(Cl)nc(Cl)c1. The highest BCUT2D eigenvalue weighted by atomic mass is 35.5. The van der Waals surface area contributed by atoms with E-state index in [2.05, 4.69) is 15.6 Å². The summed E-state index contributed by atoms with van der Waals surface area (Å²) in [5.74, 6) is 0. The van der Waals surface area contributed by atoms with Crippen LogP contribution < -0.4 is 10.6 Å². The molecule has 76 valence electrons. The molecule has 0 spiro atoms. The number of hydrogen-bond donors (Lipinski definition) is 2. The number of nitrogens with one attached hydrogen (secondary N) is 2. The first-order chi connectivity index (χ1) is 6.61. The zero-order valence-corrected chi connectivity index (χ0v) is 8.99. The van der Waals surface area contributed by atoms with Crippen LogP contribution >= 0.6 is 23.2 Å². The molecule has 0 aromatic carbocycles. The molecule has 0 saturated heterocycles. The molecule has 0 fully saturated rings. The predicted molar refractivity (Wildman–Crippen MR) is 57.0 cm³/mol. The van der Waals surface area contributed by atoms with Gasteiger partial charge in [0.2, 0.25) is 0 Å². The number of pyridine rings is 1. The van der Waals surface area contributed by atoms with Crippen molar-refractivity contribution in [3.8, 4) is 0 Å². The summed E-state index contributed by atoms with van der Waals surface area (Å²) in [6, 6.07) is 2.73. The van der Waals surface area contributed by atoms with Gasteiger partial charge in [-0.15, -0.1) is 0 Å². The molecular weight excluding hydrogens is 225 g/mol. The number of halogens is 2. The minimum Gasteiger partial charge on any atom is -0.338 e. The summed E-state index contributed by atoms with van der Waals surface area (Å²) < 4.78 is 0. The van der Waals surface area contributed by atoms with Gasteiger partial charge in [-0.1, -0.05) is 23.2 Å². The highest BCUT2D eigenvalue weighted by molar-refractivity contribution is 6.32. The maximum atomic E-state index is 11.1. The zero-order chi connectivity index (χ0) is 10.6. The zero-order valence-electron chi connectivity index (χ0n) is 7.47. The summed E-state index contributed by atoms with van der Waals surface area (Å²) in [4.78, 5) is 14.9. The summed E-state index contributed by atoms with van der Waals surface area (Å²) >= 11 is 11.3. The molecule has 0 bridgehead atoms. The number of hydrogen-bond acceptors (Lipinski definition) is 2. The van der Waals surface area contributed by atoms with Crippen molar-refractivity contribution in [3.63, 3.8) is 0 Å². The topological polar surface area (TPSA) is 54.0 Å². The van der Waals surface area contributed by atoms with Crippen LogP contribution in [0.25, 0.3) is 0 Å². The molecule has 2 amide bonds. The molecule has 1 aromatic heterocycles. The van der Waals surface area contributed by atoms with Gasteiger partial charge in [-0.25, -0.2) is 9.78 Å². The Labute approximate surface area is 91.6 Å². The maximum Gasteiger partial charge on any atom is 0.319 e. The lowest BCUT2D eigenvalue weighted by Gasteiger charge is -2.05. The second-order valence-electron chi connectivity index (χ2n) is 2.49. The van der Waals surface area contributed by atoms with Crippen LogP contribution in [0.1, 0.15) is 6.92 Å². The number of carbonyl (C=O) groups excluding carboxylic acids is 1. The fourth-order valence-electron chi connectivity index (χ4n) is 0.873. The van der Waals surface area contributed by atoms with Gasteiger partial charge in [-0.05, 0) is 19.1 Å². The molecule has 4 nitrogen and oxygen atoms in total. The lowest BCUT2D eigenvalue weighted by molar-refractivity contribution is 0.252. The van der Waals surface area contributed by atoms with E-state index in [0.29, 0.717) is 12.2 Å². The van der Waals surface area contributed by atoms with E-state index in [1.54, 1.807) is 0 Å². The summed E-state index contributed by atoms with van der Waals surface area (Å²) in [5.41, 5.74) is 0.515. The van der Waals surface area contributed by atoms with Crippen molar-refractivity contribution in [1.29, 1.82) is 0 Å². The van der Waals surface area contributed by atoms with Gasteiger partial charge in [0.1, 0.15) is 10.3 Å². The number of aromatic nitrogens is 1. The van der Waals surface area contributed by atoms with Crippen LogP contribution in [-0.4, -0.2) is 17.6 Å². The van der Waals surface area contributed by atoms with Crippen LogP contribution in [0.3, 0.4) is 0 Å². The van der Waals surface area contributed by atoms with E-state index < -0.39 is 0 Å². The highest BCUT2D eigenvalue weighted by Gasteiger charge is 2.02. The van der Waals surface area contributed by atoms with Crippen molar-refractivity contribution in [1.82, 2.24) is 10.3 Å². The van der Waals surface area contributed by atoms with Gasteiger partial charge >= 0.3 is 6.03 Å². The molecule has 0 radical (unpaired) electrons. The van der Waals surface area contributed by atoms with Gasteiger partial charge in [0.15, 0.2) is 0 Å². The fourth-order valence-corrected chi connectivity index (χ4v) is 1.33. The van der Waals surface area contributed by atoms with Crippen molar-refractivity contribution in [2.24, 2.45) is 0 Å². The van der Waals surface area contributed by atoms with Crippen LogP contribution in [0.5, 0.6) is 0 Å². The van der Waals surface area contributed by atoms with Crippen molar-refractivity contribution in [2.75, 3.05) is 11.9 Å². The summed E-state index contributed by atoms with van der Waals surface area (Å²) in [5, 5.41) is 5.62. The van der Waals surface area contributed by atoms with E-state index in [1.165, 1.54) is 12.1 Å². The van der Waals surface area contributed by atoms with Crippen molar-refractivity contribution < 1.29 is 4.79 Å². The van der Waals surface area contributed by atoms with E-state index in [9.17, 15) is 4.79 Å². The van der Waals surface area contributed by atoms with E-state index in [1.807, 2.05) is 6.92 Å². The lowest BCUT2D eigenvalue weighted by Crippen LogP contribution is -2.28. The largest absolute Gasteiger partial charge is 0.338 e. The van der Waals surface area contributed by atoms with E-state index in [4.69, 9.17) is 23.2 Å². The van der Waals surface area contributed by atoms with E-state index >= 15 is 0 Å². The van der Waals surface area contributed by atoms with Crippen molar-refractivity contribution >= 4 is 34.9 Å². The molecule has 1 aromatic rings. The first-order valence-electron chi connectivity index (χ1n) is 3.99. The molecule has 2 N–H and O–H groups in total. The summed E-state index contributed by atoms with van der Waals surface area (Å²) in [7, 11) is 0. The van der Waals surface area contributed by atoms with Crippen LogP contribution in [0.15, 0.2) is 12.1 Å². The Bertz CT molecular complexity index is 323. The Morgan fingerprint density at radius 1 is 1.43 bits per heavy atom. The van der Waals surface area contributed by atoms with Gasteiger partial charge in [-0.2, -0.15) is 0 Å². The Hall–Kier alpha value is -1.00. The van der Waals surface area contributed by atoms with Crippen molar-refractivity contribution in [3.05, 3.63) is 22.4 Å². The van der Waals surface area contributed by atoms with Crippen LogP contribution in [0.4, 0.5) is 10.5 Å². The molecule has 0 unspecified atom stereocenters. The maximum absolute atomic E-state index is 11.1. The Balaban J connectivity index is 2.71. The van der Waals surface area contributed by atoms with Gasteiger partial charge in [0, 0.05) is 12.2 Å². The molecule has 0 saturated carbocycles. The minimum atomic E-state index is -0.300. The van der Waals surface area contributed by atoms with E-state index in [0.717, 1.165) is 0 Å². The normalized spacial score (nSPS) is 9.64. The lowest BCUT2D eigenvalue weighted by atomic mass is 10.4. The third-order valence-corrected chi connectivity index (χ3v) is 1.75. The number of urea groups is 1. The Morgan fingerprint density at radius 2 is 2.00 bits per heavy atom. The number of carbonyl (C=O) groups is 1. The van der Waals surface area contributed by atoms with Crippen LogP contribution in [0.2, 0.25) is 10.3 Å². The third-order valence-electron chi connectivity index (χ3n) is 1.36. The molecule has 1 rings (SSSR count). The van der Waals surface area contributed by atoms with Gasteiger partial charge in [-0.3, -0.25) is 0 Å². The summed E-state index contributed by atoms with van der Waals surface area (Å²) in [6.07, 6.45) is 0. The van der Waals surface area contributed by atoms with Crippen LogP contribution in [-0.2, 0) is 0 Å². The molecule has 1 heterocycles. The second-order valence-corrected chi connectivity index (χ2v) is 3.26. The second kappa shape index (κ2) is 5.02. The average Bonchev–Trinajstić information content (AvgIpc) is 2.01. The molecule has 0 aliphatic heterocycles. The Kier molecular flexibility index (Phi) is 3.98. The van der Waals surface area contributed by atoms with Crippen LogP contribution in [0, 0.1) is 0 Å². The van der Waals surface area contributed by atoms with E-state index in [-0.39, 0.29) is 16.3 Å². The monoisotopic (exact) mass is 233 g/mol.